The molecule has 1 aliphatic carbocycles. The van der Waals surface area contributed by atoms with Crippen molar-refractivity contribution in [3.8, 4) is 0 Å². The molecule has 0 spiro atoms. The van der Waals surface area contributed by atoms with Crippen LogP contribution < -0.4 is 10.6 Å². The van der Waals surface area contributed by atoms with Gasteiger partial charge in [-0.1, -0.05) is 18.6 Å². The highest BCUT2D eigenvalue weighted by Crippen LogP contribution is 2.44. The molecular weight excluding hydrogens is 336 g/mol. The lowest BCUT2D eigenvalue weighted by molar-refractivity contribution is -0.157. The van der Waals surface area contributed by atoms with E-state index in [1.54, 1.807) is 36.4 Å². The summed E-state index contributed by atoms with van der Waals surface area (Å²) >= 11 is 0. The smallest absolute Gasteiger partial charge is 0.310 e. The molecular formula is C19H20N2O5. The summed E-state index contributed by atoms with van der Waals surface area (Å²) in [7, 11) is 0. The summed E-state index contributed by atoms with van der Waals surface area (Å²) in [5, 5.41) is 14.7. The Morgan fingerprint density at radius 2 is 1.85 bits per heavy atom. The zero-order valence-electron chi connectivity index (χ0n) is 14.2. The molecule has 3 rings (SSSR count). The Balaban J connectivity index is 1.49. The van der Waals surface area contributed by atoms with E-state index in [2.05, 4.69) is 10.6 Å². The monoisotopic (exact) mass is 356 g/mol. The summed E-state index contributed by atoms with van der Waals surface area (Å²) in [6, 6.07) is 10.2. The van der Waals surface area contributed by atoms with Gasteiger partial charge in [-0.3, -0.25) is 14.4 Å². The summed E-state index contributed by atoms with van der Waals surface area (Å²) in [5.74, 6) is -1.27. The van der Waals surface area contributed by atoms with Crippen LogP contribution in [0.5, 0.6) is 0 Å². The van der Waals surface area contributed by atoms with Crippen molar-refractivity contribution in [3.05, 3.63) is 54.0 Å². The molecule has 1 heterocycles. The van der Waals surface area contributed by atoms with Crippen molar-refractivity contribution in [2.24, 2.45) is 5.41 Å². The Labute approximate surface area is 150 Å². The Kier molecular flexibility index (Phi) is 5.06. The number of carboxylic acids is 1. The van der Waals surface area contributed by atoms with Crippen LogP contribution >= 0.6 is 0 Å². The predicted molar refractivity (Wildman–Crippen MR) is 93.5 cm³/mol. The van der Waals surface area contributed by atoms with Gasteiger partial charge in [0.05, 0.1) is 11.7 Å². The van der Waals surface area contributed by atoms with Crippen molar-refractivity contribution in [2.45, 2.75) is 32.2 Å². The second-order valence-electron chi connectivity index (χ2n) is 6.52. The highest BCUT2D eigenvalue weighted by atomic mass is 16.4. The summed E-state index contributed by atoms with van der Waals surface area (Å²) in [5.41, 5.74) is 0.581. The molecule has 1 saturated carbocycles. The van der Waals surface area contributed by atoms with Crippen molar-refractivity contribution in [1.29, 1.82) is 0 Å². The predicted octanol–water partition coefficient (Wildman–Crippen LogP) is 2.79. The minimum Gasteiger partial charge on any atom is -0.481 e. The minimum atomic E-state index is -0.893. The fraction of sp³-hybridized carbons (Fsp3) is 0.316. The van der Waals surface area contributed by atoms with Crippen molar-refractivity contribution in [2.75, 3.05) is 5.32 Å². The first-order valence-corrected chi connectivity index (χ1v) is 8.42. The van der Waals surface area contributed by atoms with Gasteiger partial charge in [-0.05, 0) is 42.7 Å². The van der Waals surface area contributed by atoms with E-state index in [4.69, 9.17) is 4.42 Å². The van der Waals surface area contributed by atoms with Crippen LogP contribution in [0.3, 0.4) is 0 Å². The zero-order valence-corrected chi connectivity index (χ0v) is 14.2. The third-order valence-corrected chi connectivity index (χ3v) is 4.71. The normalized spacial score (nSPS) is 14.9. The highest BCUT2D eigenvalue weighted by Gasteiger charge is 2.45. The summed E-state index contributed by atoms with van der Waals surface area (Å²) in [6.45, 7) is 0.306. The van der Waals surface area contributed by atoms with Crippen molar-refractivity contribution < 1.29 is 23.9 Å². The van der Waals surface area contributed by atoms with Gasteiger partial charge in [0.15, 0.2) is 5.76 Å². The molecule has 1 aromatic carbocycles. The van der Waals surface area contributed by atoms with Crippen LogP contribution in [0, 0.1) is 5.41 Å². The molecule has 0 bridgehead atoms. The molecule has 0 unspecified atom stereocenters. The first-order chi connectivity index (χ1) is 12.5. The largest absolute Gasteiger partial charge is 0.481 e. The molecule has 1 fully saturated rings. The quantitative estimate of drug-likeness (QED) is 0.707. The lowest BCUT2D eigenvalue weighted by Crippen LogP contribution is -2.42. The number of carboxylic acid groups (broad SMARTS) is 1. The molecule has 0 radical (unpaired) electrons. The van der Waals surface area contributed by atoms with Crippen LogP contribution in [-0.2, 0) is 16.1 Å². The van der Waals surface area contributed by atoms with Crippen LogP contribution in [0.2, 0.25) is 0 Å². The number of hydrogen-bond donors (Lipinski definition) is 3. The van der Waals surface area contributed by atoms with Crippen molar-refractivity contribution in [1.82, 2.24) is 5.32 Å². The van der Waals surface area contributed by atoms with Gasteiger partial charge in [-0.15, -0.1) is 0 Å². The van der Waals surface area contributed by atoms with E-state index < -0.39 is 11.4 Å². The Morgan fingerprint density at radius 1 is 1.12 bits per heavy atom. The van der Waals surface area contributed by atoms with Crippen molar-refractivity contribution in [3.63, 3.8) is 0 Å². The van der Waals surface area contributed by atoms with Gasteiger partial charge in [0.25, 0.3) is 5.91 Å². The minimum absolute atomic E-state index is 0.0135. The van der Waals surface area contributed by atoms with Gasteiger partial charge < -0.3 is 20.2 Å². The Morgan fingerprint density at radius 3 is 2.38 bits per heavy atom. The van der Waals surface area contributed by atoms with Crippen LogP contribution in [0.25, 0.3) is 0 Å². The van der Waals surface area contributed by atoms with Gasteiger partial charge >= 0.3 is 5.97 Å². The van der Waals surface area contributed by atoms with E-state index in [0.29, 0.717) is 25.1 Å². The van der Waals surface area contributed by atoms with Crippen LogP contribution in [0.15, 0.2) is 47.1 Å². The third-order valence-electron chi connectivity index (χ3n) is 4.71. The molecule has 26 heavy (non-hydrogen) atoms. The van der Waals surface area contributed by atoms with Gasteiger partial charge in [0.1, 0.15) is 0 Å². The van der Waals surface area contributed by atoms with Gasteiger partial charge in [0.2, 0.25) is 5.91 Å². The Bertz CT molecular complexity index is 792. The second kappa shape index (κ2) is 7.43. The first-order valence-electron chi connectivity index (χ1n) is 8.42. The maximum absolute atomic E-state index is 12.0. The molecule has 1 aliphatic rings. The van der Waals surface area contributed by atoms with E-state index in [-0.39, 0.29) is 24.0 Å². The van der Waals surface area contributed by atoms with Crippen LogP contribution in [0.1, 0.15) is 41.8 Å². The van der Waals surface area contributed by atoms with Gasteiger partial charge in [0, 0.05) is 18.7 Å². The number of amides is 2. The van der Waals surface area contributed by atoms with E-state index in [1.165, 1.54) is 6.26 Å². The summed E-state index contributed by atoms with van der Waals surface area (Å²) in [4.78, 5) is 35.2. The first kappa shape index (κ1) is 17.7. The van der Waals surface area contributed by atoms with Gasteiger partial charge in [-0.25, -0.2) is 0 Å². The zero-order chi connectivity index (χ0) is 18.6. The number of hydrogen-bond acceptors (Lipinski definition) is 4. The molecule has 136 valence electrons. The van der Waals surface area contributed by atoms with Crippen LogP contribution in [0.4, 0.5) is 5.69 Å². The average Bonchev–Trinajstić information content (AvgIpc) is 3.12. The molecule has 3 N–H and O–H groups in total. The molecule has 1 aromatic heterocycles. The maximum atomic E-state index is 12.0. The molecule has 7 nitrogen and oxygen atoms in total. The lowest BCUT2D eigenvalue weighted by Gasteiger charge is -2.36. The molecule has 0 saturated heterocycles. The number of rotatable bonds is 7. The number of furan rings is 1. The summed E-state index contributed by atoms with van der Waals surface area (Å²) in [6.07, 6.45) is 3.41. The lowest BCUT2D eigenvalue weighted by atomic mass is 9.66. The number of aliphatic carboxylic acids is 1. The standard InChI is InChI=1S/C19H20N2O5/c22-16(11-19(18(24)25)8-2-9-19)20-12-13-4-6-14(7-5-13)21-17(23)15-3-1-10-26-15/h1,3-7,10H,2,8-9,11-12H2,(H,20,22)(H,21,23)(H,24,25). The topological polar surface area (TPSA) is 109 Å². The number of carbonyl (C=O) groups excluding carboxylic acids is 2. The van der Waals surface area contributed by atoms with Crippen molar-refractivity contribution >= 4 is 23.5 Å². The SMILES string of the molecule is O=C(CC1(C(=O)O)CCC1)NCc1ccc(NC(=O)c2ccco2)cc1. The van der Waals surface area contributed by atoms with E-state index in [1.807, 2.05) is 0 Å². The van der Waals surface area contributed by atoms with Gasteiger partial charge in [-0.2, -0.15) is 0 Å². The molecule has 0 aliphatic heterocycles. The molecule has 2 aromatic rings. The molecule has 7 heteroatoms. The van der Waals surface area contributed by atoms with E-state index >= 15 is 0 Å². The average molecular weight is 356 g/mol. The number of nitrogens with one attached hydrogen (secondary N) is 2. The number of carbonyl (C=O) groups is 3. The Hall–Kier alpha value is -3.09. The van der Waals surface area contributed by atoms with E-state index in [0.717, 1.165) is 12.0 Å². The second-order valence-corrected chi connectivity index (χ2v) is 6.52. The maximum Gasteiger partial charge on any atom is 0.310 e. The fourth-order valence-electron chi connectivity index (χ4n) is 2.95. The van der Waals surface area contributed by atoms with E-state index in [9.17, 15) is 19.5 Å². The number of anilines is 1. The number of benzene rings is 1. The molecule has 2 amide bonds. The summed E-state index contributed by atoms with van der Waals surface area (Å²) < 4.78 is 5.03. The molecule has 0 atom stereocenters. The fourth-order valence-corrected chi connectivity index (χ4v) is 2.95. The third kappa shape index (κ3) is 3.93. The highest BCUT2D eigenvalue weighted by molar-refractivity contribution is 6.02. The van der Waals surface area contributed by atoms with Crippen LogP contribution in [-0.4, -0.2) is 22.9 Å².